The molecule has 11 rings (SSSR count). The number of anilines is 2. The molecule has 0 saturated carbocycles. The second-order valence-electron chi connectivity index (χ2n) is 16.8. The zero-order chi connectivity index (χ0) is 41.1. The molecule has 0 saturated heterocycles. The summed E-state index contributed by atoms with van der Waals surface area (Å²) in [6.07, 6.45) is 5.86. The maximum atomic E-state index is 7.10. The van der Waals surface area contributed by atoms with Crippen molar-refractivity contribution < 1.29 is 4.74 Å². The highest BCUT2D eigenvalue weighted by molar-refractivity contribution is 6.09. The van der Waals surface area contributed by atoms with Gasteiger partial charge in [0.2, 0.25) is 0 Å². The summed E-state index contributed by atoms with van der Waals surface area (Å²) in [5, 5.41) is 2.32. The fraction of sp³-hybridized carbons (Fsp3) is 0.0909. The van der Waals surface area contributed by atoms with E-state index in [1.165, 1.54) is 10.9 Å². The molecule has 0 amide bonds. The molecule has 0 atom stereocenters. The van der Waals surface area contributed by atoms with Crippen LogP contribution in [0.4, 0.5) is 11.4 Å². The monoisotopic (exact) mass is 789 g/mol. The highest BCUT2D eigenvalue weighted by atomic mass is 16.5. The van der Waals surface area contributed by atoms with Gasteiger partial charge in [0.1, 0.15) is 29.8 Å². The molecule has 10 aromatic rings. The predicted octanol–water partition coefficient (Wildman–Crippen LogP) is 14.2. The molecular formula is C55H43N5O. The third kappa shape index (κ3) is 6.44. The zero-order valence-corrected chi connectivity index (χ0v) is 34.3. The van der Waals surface area contributed by atoms with Crippen LogP contribution in [-0.4, -0.2) is 19.1 Å². The second kappa shape index (κ2) is 14.5. The minimum absolute atomic E-state index is 0.0265. The van der Waals surface area contributed by atoms with E-state index in [4.69, 9.17) is 14.7 Å². The lowest BCUT2D eigenvalue weighted by molar-refractivity contribution is 0.483. The highest BCUT2D eigenvalue weighted by Gasteiger charge is 2.26. The Morgan fingerprint density at radius 3 is 1.98 bits per heavy atom. The van der Waals surface area contributed by atoms with E-state index in [1.807, 2.05) is 12.4 Å². The maximum absolute atomic E-state index is 7.10. The molecular weight excluding hydrogens is 747 g/mol. The van der Waals surface area contributed by atoms with Gasteiger partial charge in [0.15, 0.2) is 0 Å². The Bertz CT molecular complexity index is 3190. The van der Waals surface area contributed by atoms with Crippen LogP contribution in [0, 0.1) is 0 Å². The lowest BCUT2D eigenvalue weighted by Gasteiger charge is -2.33. The van der Waals surface area contributed by atoms with Gasteiger partial charge in [-0.1, -0.05) is 130 Å². The SMILES string of the molecule is CC(C)(C)c1ccnc(-n2c3ccccc3c3ccc(Oc4cc(-c5c(-c6ccccc6)cccc5-c5ccccc5)cc(N5Cn6ccnc6-c6ccccc65)c4)cc32)c1. The standard InChI is InChI=1S/C55H43N5O/c1-55(2,3)40-27-28-56-52(33-40)60-50-24-13-10-19-46(50)47-26-25-42(35-51(47)60)61-43-32-39(31-41(34-43)59-36-58-30-29-57-54(58)48-20-11-12-23-49(48)59)53-44(37-15-6-4-7-16-37)21-14-22-45(53)38-17-8-5-9-18-38/h4-35H,36H2,1-3H3. The fourth-order valence-corrected chi connectivity index (χ4v) is 8.94. The van der Waals surface area contributed by atoms with Crippen molar-refractivity contribution in [1.82, 2.24) is 19.1 Å². The molecule has 3 aromatic heterocycles. The number of rotatable bonds is 7. The van der Waals surface area contributed by atoms with Crippen molar-refractivity contribution in [2.45, 2.75) is 32.9 Å². The summed E-state index contributed by atoms with van der Waals surface area (Å²) in [4.78, 5) is 12.0. The number of ether oxygens (including phenoxy) is 1. The van der Waals surface area contributed by atoms with Crippen molar-refractivity contribution in [2.75, 3.05) is 4.90 Å². The number of fused-ring (bicyclic) bond motifs is 6. The zero-order valence-electron chi connectivity index (χ0n) is 34.3. The summed E-state index contributed by atoms with van der Waals surface area (Å²) < 4.78 is 11.6. The molecule has 1 aliphatic rings. The second-order valence-corrected chi connectivity index (χ2v) is 16.8. The van der Waals surface area contributed by atoms with Crippen LogP contribution in [0.2, 0.25) is 0 Å². The molecule has 0 N–H and O–H groups in total. The molecule has 1 aliphatic heterocycles. The first kappa shape index (κ1) is 36.4. The molecule has 0 radical (unpaired) electrons. The summed E-state index contributed by atoms with van der Waals surface area (Å²) in [7, 11) is 0. The third-order valence-electron chi connectivity index (χ3n) is 11.9. The van der Waals surface area contributed by atoms with Crippen molar-refractivity contribution in [3.05, 3.63) is 200 Å². The number of benzene rings is 7. The van der Waals surface area contributed by atoms with Gasteiger partial charge in [-0.25, -0.2) is 9.97 Å². The molecule has 4 heterocycles. The Balaban J connectivity index is 1.12. The van der Waals surface area contributed by atoms with Crippen LogP contribution >= 0.6 is 0 Å². The number of pyridine rings is 1. The van der Waals surface area contributed by atoms with Crippen LogP contribution in [0.5, 0.6) is 11.5 Å². The van der Waals surface area contributed by atoms with Crippen molar-refractivity contribution >= 4 is 33.2 Å². The largest absolute Gasteiger partial charge is 0.457 e. The third-order valence-corrected chi connectivity index (χ3v) is 11.9. The molecule has 294 valence electrons. The molecule has 0 unspecified atom stereocenters. The number of nitrogens with zero attached hydrogens (tertiary/aromatic N) is 5. The molecule has 0 fully saturated rings. The molecule has 6 heteroatoms. The van der Waals surface area contributed by atoms with Crippen molar-refractivity contribution in [3.63, 3.8) is 0 Å². The van der Waals surface area contributed by atoms with Crippen molar-refractivity contribution in [1.29, 1.82) is 0 Å². The van der Waals surface area contributed by atoms with Gasteiger partial charge < -0.3 is 14.2 Å². The van der Waals surface area contributed by atoms with Crippen molar-refractivity contribution in [3.8, 4) is 62.1 Å². The van der Waals surface area contributed by atoms with E-state index in [9.17, 15) is 0 Å². The number of para-hydroxylation sites is 2. The molecule has 0 spiro atoms. The Morgan fingerprint density at radius 1 is 0.525 bits per heavy atom. The van der Waals surface area contributed by atoms with Gasteiger partial charge >= 0.3 is 0 Å². The summed E-state index contributed by atoms with van der Waals surface area (Å²) in [6, 6.07) is 62.5. The van der Waals surface area contributed by atoms with Gasteiger partial charge in [-0.05, 0) is 99.0 Å². The van der Waals surface area contributed by atoms with E-state index in [2.05, 4.69) is 217 Å². The van der Waals surface area contributed by atoms with Gasteiger partial charge in [-0.3, -0.25) is 4.57 Å². The van der Waals surface area contributed by atoms with Crippen LogP contribution in [-0.2, 0) is 12.1 Å². The lowest BCUT2D eigenvalue weighted by atomic mass is 9.87. The normalized spacial score (nSPS) is 12.4. The number of hydrogen-bond acceptors (Lipinski definition) is 4. The van der Waals surface area contributed by atoms with Gasteiger partial charge in [0.25, 0.3) is 0 Å². The van der Waals surface area contributed by atoms with E-state index in [0.29, 0.717) is 6.67 Å². The molecule has 6 nitrogen and oxygen atoms in total. The summed E-state index contributed by atoms with van der Waals surface area (Å²) in [5.74, 6) is 3.32. The van der Waals surface area contributed by atoms with Crippen LogP contribution in [0.1, 0.15) is 26.3 Å². The van der Waals surface area contributed by atoms with Crippen LogP contribution in [0.3, 0.4) is 0 Å². The highest BCUT2D eigenvalue weighted by Crippen LogP contribution is 2.46. The average molecular weight is 790 g/mol. The van der Waals surface area contributed by atoms with Crippen molar-refractivity contribution in [2.24, 2.45) is 0 Å². The first-order valence-corrected chi connectivity index (χ1v) is 20.8. The average Bonchev–Trinajstić information content (AvgIpc) is 3.91. The smallest absolute Gasteiger partial charge is 0.143 e. The van der Waals surface area contributed by atoms with E-state index in [0.717, 1.165) is 89.9 Å². The molecule has 0 bridgehead atoms. The summed E-state index contributed by atoms with van der Waals surface area (Å²) >= 11 is 0. The van der Waals surface area contributed by atoms with Gasteiger partial charge in [0.05, 0.1) is 16.7 Å². The van der Waals surface area contributed by atoms with Gasteiger partial charge in [0, 0.05) is 52.7 Å². The number of aromatic nitrogens is 4. The summed E-state index contributed by atoms with van der Waals surface area (Å²) in [6.45, 7) is 7.33. The van der Waals surface area contributed by atoms with Crippen LogP contribution in [0.15, 0.2) is 195 Å². The fourth-order valence-electron chi connectivity index (χ4n) is 8.94. The van der Waals surface area contributed by atoms with E-state index in [1.54, 1.807) is 0 Å². The quantitative estimate of drug-likeness (QED) is 0.161. The minimum atomic E-state index is -0.0265. The Morgan fingerprint density at radius 2 is 1.21 bits per heavy atom. The van der Waals surface area contributed by atoms with Crippen LogP contribution < -0.4 is 9.64 Å². The van der Waals surface area contributed by atoms with E-state index in [-0.39, 0.29) is 5.41 Å². The Kier molecular flexibility index (Phi) is 8.67. The molecule has 7 aromatic carbocycles. The first-order valence-electron chi connectivity index (χ1n) is 20.8. The molecule has 61 heavy (non-hydrogen) atoms. The number of hydrogen-bond donors (Lipinski definition) is 0. The van der Waals surface area contributed by atoms with Crippen LogP contribution in [0.25, 0.3) is 72.4 Å². The lowest BCUT2D eigenvalue weighted by Crippen LogP contribution is -2.26. The topological polar surface area (TPSA) is 48.1 Å². The summed E-state index contributed by atoms with van der Waals surface area (Å²) in [5.41, 5.74) is 13.3. The number of imidazole rings is 1. The minimum Gasteiger partial charge on any atom is -0.457 e. The first-order chi connectivity index (χ1) is 29.9. The predicted molar refractivity (Wildman–Crippen MR) is 250 cm³/mol. The maximum Gasteiger partial charge on any atom is 0.143 e. The van der Waals surface area contributed by atoms with Gasteiger partial charge in [-0.15, -0.1) is 0 Å². The van der Waals surface area contributed by atoms with E-state index >= 15 is 0 Å². The van der Waals surface area contributed by atoms with E-state index < -0.39 is 0 Å². The van der Waals surface area contributed by atoms with Gasteiger partial charge in [-0.2, -0.15) is 0 Å². The molecule has 0 aliphatic carbocycles. The Hall–Kier alpha value is -7.70. The Labute approximate surface area is 355 Å².